The predicted octanol–water partition coefficient (Wildman–Crippen LogP) is 2.90. The van der Waals surface area contributed by atoms with E-state index in [-0.39, 0.29) is 11.9 Å². The van der Waals surface area contributed by atoms with Crippen molar-refractivity contribution in [2.24, 2.45) is 5.92 Å². The highest BCUT2D eigenvalue weighted by atomic mass is 79.9. The minimum atomic E-state index is -0.907. The molecule has 1 aromatic rings. The zero-order chi connectivity index (χ0) is 14.3. The molecule has 2 heterocycles. The van der Waals surface area contributed by atoms with E-state index in [0.29, 0.717) is 22.6 Å². The molecule has 0 unspecified atom stereocenters. The lowest BCUT2D eigenvalue weighted by Gasteiger charge is -2.32. The predicted molar refractivity (Wildman–Crippen MR) is 74.4 cm³/mol. The normalized spacial score (nSPS) is 29.2. The van der Waals surface area contributed by atoms with E-state index in [4.69, 9.17) is 4.42 Å². The molecule has 2 fully saturated rings. The molecular weight excluding hydrogens is 326 g/mol. The van der Waals surface area contributed by atoms with Gasteiger partial charge in [0.05, 0.1) is 5.56 Å². The first kappa shape index (κ1) is 13.7. The topological polar surface area (TPSA) is 70.8 Å². The summed E-state index contributed by atoms with van der Waals surface area (Å²) in [6.45, 7) is 0. The molecule has 0 radical (unpaired) electrons. The van der Waals surface area contributed by atoms with Crippen molar-refractivity contribution >= 4 is 27.8 Å². The van der Waals surface area contributed by atoms with E-state index in [1.165, 1.54) is 6.26 Å². The quantitative estimate of drug-likeness (QED) is 0.897. The summed E-state index contributed by atoms with van der Waals surface area (Å²) < 4.78 is 5.58. The van der Waals surface area contributed by atoms with Gasteiger partial charge in [-0.25, -0.2) is 4.79 Å². The second-order valence-corrected chi connectivity index (χ2v) is 6.34. The standard InChI is InChI=1S/C14H16BrNO4/c15-12-6-9(7-20-12)13(17)16-10-4-2-1-3-8(10)5-11(16)14(18)19/h6-8,10-11H,1-5H2,(H,18,19)/t8-,10-,11+/m1/s1. The van der Waals surface area contributed by atoms with Gasteiger partial charge in [0.1, 0.15) is 12.3 Å². The van der Waals surface area contributed by atoms with Crippen molar-refractivity contribution in [3.63, 3.8) is 0 Å². The third-order valence-corrected chi connectivity index (χ3v) is 4.84. The van der Waals surface area contributed by atoms with Crippen LogP contribution in [-0.4, -0.2) is 34.0 Å². The molecular formula is C14H16BrNO4. The maximum atomic E-state index is 12.6. The number of aliphatic carboxylic acids is 1. The molecule has 20 heavy (non-hydrogen) atoms. The molecule has 1 aromatic heterocycles. The van der Waals surface area contributed by atoms with Crippen LogP contribution in [0, 0.1) is 5.92 Å². The Bertz CT molecular complexity index is 541. The maximum absolute atomic E-state index is 12.6. The first-order valence-electron chi connectivity index (χ1n) is 6.87. The Hall–Kier alpha value is -1.30. The fraction of sp³-hybridized carbons (Fsp3) is 0.571. The third-order valence-electron chi connectivity index (χ3n) is 4.42. The van der Waals surface area contributed by atoms with E-state index >= 15 is 0 Å². The Morgan fingerprint density at radius 3 is 2.75 bits per heavy atom. The monoisotopic (exact) mass is 341 g/mol. The summed E-state index contributed by atoms with van der Waals surface area (Å²) >= 11 is 3.17. The molecule has 3 atom stereocenters. The van der Waals surface area contributed by atoms with E-state index < -0.39 is 12.0 Å². The minimum Gasteiger partial charge on any atom is -0.480 e. The molecule has 1 aliphatic heterocycles. The molecule has 3 rings (SSSR count). The molecule has 2 aliphatic rings. The van der Waals surface area contributed by atoms with Gasteiger partial charge in [-0.05, 0) is 41.1 Å². The van der Waals surface area contributed by atoms with Crippen LogP contribution in [0.4, 0.5) is 0 Å². The zero-order valence-corrected chi connectivity index (χ0v) is 12.5. The summed E-state index contributed by atoms with van der Waals surface area (Å²) in [5.41, 5.74) is 0.411. The number of furan rings is 1. The second kappa shape index (κ2) is 5.24. The maximum Gasteiger partial charge on any atom is 0.326 e. The van der Waals surface area contributed by atoms with Crippen LogP contribution in [0.3, 0.4) is 0 Å². The Labute approximate surface area is 125 Å². The lowest BCUT2D eigenvalue weighted by Crippen LogP contribution is -2.46. The Morgan fingerprint density at radius 1 is 1.35 bits per heavy atom. The van der Waals surface area contributed by atoms with E-state index in [1.807, 2.05) is 0 Å². The van der Waals surface area contributed by atoms with Crippen molar-refractivity contribution < 1.29 is 19.1 Å². The van der Waals surface area contributed by atoms with Gasteiger partial charge in [0.2, 0.25) is 0 Å². The smallest absolute Gasteiger partial charge is 0.326 e. The molecule has 0 spiro atoms. The fourth-order valence-corrected chi connectivity index (χ4v) is 3.88. The van der Waals surface area contributed by atoms with Crippen LogP contribution in [0.25, 0.3) is 0 Å². The minimum absolute atomic E-state index is 0.0611. The van der Waals surface area contributed by atoms with Crippen molar-refractivity contribution in [3.05, 3.63) is 22.6 Å². The molecule has 6 heteroatoms. The number of rotatable bonds is 2. The number of nitrogens with zero attached hydrogens (tertiary/aromatic N) is 1. The van der Waals surface area contributed by atoms with Gasteiger partial charge in [0.15, 0.2) is 4.67 Å². The molecule has 5 nitrogen and oxygen atoms in total. The average molecular weight is 342 g/mol. The summed E-state index contributed by atoms with van der Waals surface area (Å²) in [5.74, 6) is -0.819. The van der Waals surface area contributed by atoms with Crippen LogP contribution in [0.15, 0.2) is 21.4 Å². The third kappa shape index (κ3) is 2.26. The van der Waals surface area contributed by atoms with Crippen LogP contribution in [0.5, 0.6) is 0 Å². The van der Waals surface area contributed by atoms with Crippen molar-refractivity contribution in [2.45, 2.75) is 44.2 Å². The molecule has 1 amide bonds. The molecule has 1 saturated carbocycles. The van der Waals surface area contributed by atoms with Crippen molar-refractivity contribution in [1.29, 1.82) is 0 Å². The van der Waals surface area contributed by atoms with Crippen LogP contribution in [0.1, 0.15) is 42.5 Å². The molecule has 1 aliphatic carbocycles. The Morgan fingerprint density at radius 2 is 2.10 bits per heavy atom. The van der Waals surface area contributed by atoms with Crippen LogP contribution in [-0.2, 0) is 4.79 Å². The summed E-state index contributed by atoms with van der Waals surface area (Å²) in [5, 5.41) is 9.41. The number of carbonyl (C=O) groups is 2. The highest BCUT2D eigenvalue weighted by Gasteiger charge is 2.47. The molecule has 108 valence electrons. The number of halogens is 1. The number of likely N-dealkylation sites (tertiary alicyclic amines) is 1. The van der Waals surface area contributed by atoms with E-state index in [1.54, 1.807) is 11.0 Å². The molecule has 0 bridgehead atoms. The van der Waals surface area contributed by atoms with Gasteiger partial charge in [-0.1, -0.05) is 12.8 Å². The number of fused-ring (bicyclic) bond motifs is 1. The SMILES string of the molecule is O=C(O)[C@@H]1C[C@H]2CCCC[C@H]2N1C(=O)c1coc(Br)c1. The lowest BCUT2D eigenvalue weighted by atomic mass is 9.84. The Kier molecular flexibility index (Phi) is 3.58. The molecule has 1 N–H and O–H groups in total. The Balaban J connectivity index is 1.90. The fourth-order valence-electron chi connectivity index (χ4n) is 3.54. The van der Waals surface area contributed by atoms with Gasteiger partial charge in [0.25, 0.3) is 5.91 Å². The highest BCUT2D eigenvalue weighted by Crippen LogP contribution is 2.40. The number of hydrogen-bond donors (Lipinski definition) is 1. The van der Waals surface area contributed by atoms with Crippen molar-refractivity contribution in [3.8, 4) is 0 Å². The summed E-state index contributed by atoms with van der Waals surface area (Å²) in [6, 6.07) is 0.951. The van der Waals surface area contributed by atoms with Crippen LogP contribution in [0.2, 0.25) is 0 Å². The molecule has 1 saturated heterocycles. The van der Waals surface area contributed by atoms with Gasteiger partial charge in [-0.2, -0.15) is 0 Å². The van der Waals surface area contributed by atoms with Crippen molar-refractivity contribution in [2.75, 3.05) is 0 Å². The summed E-state index contributed by atoms with van der Waals surface area (Å²) in [4.78, 5) is 25.7. The van der Waals surface area contributed by atoms with Crippen LogP contribution < -0.4 is 0 Å². The van der Waals surface area contributed by atoms with Gasteiger partial charge in [-0.3, -0.25) is 4.79 Å². The largest absolute Gasteiger partial charge is 0.480 e. The summed E-state index contributed by atoms with van der Waals surface area (Å²) in [6.07, 6.45) is 6.07. The van der Waals surface area contributed by atoms with Gasteiger partial charge < -0.3 is 14.4 Å². The van der Waals surface area contributed by atoms with Gasteiger partial charge >= 0.3 is 5.97 Å². The van der Waals surface area contributed by atoms with E-state index in [2.05, 4.69) is 15.9 Å². The zero-order valence-electron chi connectivity index (χ0n) is 10.9. The van der Waals surface area contributed by atoms with Crippen molar-refractivity contribution in [1.82, 2.24) is 4.90 Å². The molecule has 0 aromatic carbocycles. The van der Waals surface area contributed by atoms with Gasteiger partial charge in [0, 0.05) is 12.1 Å². The second-order valence-electron chi connectivity index (χ2n) is 5.55. The van der Waals surface area contributed by atoms with E-state index in [0.717, 1.165) is 25.7 Å². The van der Waals surface area contributed by atoms with E-state index in [9.17, 15) is 14.7 Å². The highest BCUT2D eigenvalue weighted by molar-refractivity contribution is 9.10. The number of carboxylic acids is 1. The number of carbonyl (C=O) groups excluding carboxylic acids is 1. The number of hydrogen-bond acceptors (Lipinski definition) is 3. The number of amides is 1. The first-order chi connectivity index (χ1) is 9.58. The first-order valence-corrected chi connectivity index (χ1v) is 7.66. The number of carboxylic acid groups (broad SMARTS) is 1. The average Bonchev–Trinajstić information content (AvgIpc) is 3.01. The summed E-state index contributed by atoms with van der Waals surface area (Å²) in [7, 11) is 0. The van der Waals surface area contributed by atoms with Gasteiger partial charge in [-0.15, -0.1) is 0 Å². The van der Waals surface area contributed by atoms with Crippen LogP contribution >= 0.6 is 15.9 Å². The lowest BCUT2D eigenvalue weighted by molar-refractivity contribution is -0.141.